The number of aryl methyl sites for hydroxylation is 1. The van der Waals surface area contributed by atoms with E-state index >= 15 is 0 Å². The molecule has 35 heavy (non-hydrogen) atoms. The van der Waals surface area contributed by atoms with E-state index in [9.17, 15) is 4.79 Å². The summed E-state index contributed by atoms with van der Waals surface area (Å²) in [4.78, 5) is 25.9. The number of hydrogen-bond donors (Lipinski definition) is 1. The predicted octanol–water partition coefficient (Wildman–Crippen LogP) is 5.41. The number of rotatable bonds is 8. The predicted molar refractivity (Wildman–Crippen MR) is 139 cm³/mol. The molecule has 3 aromatic heterocycles. The van der Waals surface area contributed by atoms with E-state index in [0.717, 1.165) is 39.7 Å². The van der Waals surface area contributed by atoms with Gasteiger partial charge in [0.05, 0.1) is 36.0 Å². The van der Waals surface area contributed by atoms with Crippen LogP contribution in [0, 0.1) is 6.92 Å². The van der Waals surface area contributed by atoms with Gasteiger partial charge in [-0.15, -0.1) is 0 Å². The monoisotopic (exact) mass is 479 g/mol. The zero-order chi connectivity index (χ0) is 24.0. The number of nitrogens with zero attached hydrogens (tertiary/aromatic N) is 4. The van der Waals surface area contributed by atoms with Crippen LogP contribution in [0.15, 0.2) is 96.5 Å². The van der Waals surface area contributed by atoms with Crippen LogP contribution in [-0.4, -0.2) is 25.4 Å². The van der Waals surface area contributed by atoms with Crippen LogP contribution in [0.5, 0.6) is 0 Å². The van der Waals surface area contributed by atoms with E-state index in [1.807, 2.05) is 54.7 Å². The molecule has 1 N–H and O–H groups in total. The Morgan fingerprint density at radius 3 is 2.66 bits per heavy atom. The molecule has 0 radical (unpaired) electrons. The summed E-state index contributed by atoms with van der Waals surface area (Å²) in [5.41, 5.74) is 7.03. The van der Waals surface area contributed by atoms with Crippen molar-refractivity contribution in [1.82, 2.24) is 24.8 Å². The average molecular weight is 480 g/mol. The lowest BCUT2D eigenvalue weighted by molar-refractivity contribution is 0.0950. The Balaban J connectivity index is 1.27. The van der Waals surface area contributed by atoms with Crippen molar-refractivity contribution < 1.29 is 4.79 Å². The Hall–Kier alpha value is -3.97. The Kier molecular flexibility index (Phi) is 6.86. The van der Waals surface area contributed by atoms with E-state index < -0.39 is 0 Å². The van der Waals surface area contributed by atoms with Gasteiger partial charge in [0.15, 0.2) is 5.16 Å². The van der Waals surface area contributed by atoms with E-state index in [4.69, 9.17) is 4.98 Å². The lowest BCUT2D eigenvalue weighted by Gasteiger charge is -2.10. The second-order valence-corrected chi connectivity index (χ2v) is 9.27. The Morgan fingerprint density at radius 2 is 1.86 bits per heavy atom. The number of thioether (sulfide) groups is 1. The summed E-state index contributed by atoms with van der Waals surface area (Å²) in [7, 11) is 0. The van der Waals surface area contributed by atoms with Gasteiger partial charge in [-0.25, -0.2) is 4.98 Å². The summed E-state index contributed by atoms with van der Waals surface area (Å²) in [6.45, 7) is 3.25. The van der Waals surface area contributed by atoms with Gasteiger partial charge >= 0.3 is 0 Å². The highest BCUT2D eigenvalue weighted by Crippen LogP contribution is 2.27. The zero-order valence-electron chi connectivity index (χ0n) is 19.4. The molecule has 174 valence electrons. The maximum atomic E-state index is 12.5. The third kappa shape index (κ3) is 5.58. The fourth-order valence-corrected chi connectivity index (χ4v) is 4.85. The van der Waals surface area contributed by atoms with Crippen LogP contribution in [0.3, 0.4) is 0 Å². The van der Waals surface area contributed by atoms with Crippen molar-refractivity contribution in [3.05, 3.63) is 119 Å². The fraction of sp³-hybridized carbons (Fsp3) is 0.143. The van der Waals surface area contributed by atoms with Crippen molar-refractivity contribution in [2.75, 3.05) is 0 Å². The molecule has 3 heterocycles. The van der Waals surface area contributed by atoms with Crippen LogP contribution in [0.25, 0.3) is 11.0 Å². The average Bonchev–Trinajstić information content (AvgIpc) is 3.24. The van der Waals surface area contributed by atoms with Gasteiger partial charge in [0.2, 0.25) is 0 Å². The van der Waals surface area contributed by atoms with Gasteiger partial charge in [0, 0.05) is 23.7 Å². The molecule has 5 aromatic rings. The van der Waals surface area contributed by atoms with E-state index in [2.05, 4.69) is 51.0 Å². The first kappa shape index (κ1) is 22.8. The molecule has 0 unspecified atom stereocenters. The molecule has 0 aliphatic rings. The fourth-order valence-electron chi connectivity index (χ4n) is 3.88. The molecule has 0 fully saturated rings. The first-order chi connectivity index (χ1) is 17.2. The van der Waals surface area contributed by atoms with Gasteiger partial charge in [0.25, 0.3) is 5.91 Å². The summed E-state index contributed by atoms with van der Waals surface area (Å²) >= 11 is 1.69. The van der Waals surface area contributed by atoms with E-state index in [1.54, 1.807) is 24.2 Å². The van der Waals surface area contributed by atoms with Crippen molar-refractivity contribution in [2.24, 2.45) is 0 Å². The summed E-state index contributed by atoms with van der Waals surface area (Å²) in [5.74, 6) is 0.641. The Bertz CT molecular complexity index is 1450. The number of amides is 1. The molecular formula is C28H25N5OS. The molecule has 0 spiro atoms. The molecule has 7 heteroatoms. The van der Waals surface area contributed by atoms with Gasteiger partial charge in [0.1, 0.15) is 0 Å². The number of pyridine rings is 2. The van der Waals surface area contributed by atoms with Gasteiger partial charge in [-0.1, -0.05) is 59.8 Å². The highest BCUT2D eigenvalue weighted by molar-refractivity contribution is 7.98. The SMILES string of the molecule is Cc1cccc(Cn2c(SCc3ccc(C(=O)NCc4ccccn4)cc3)nc3ccncc32)c1. The molecule has 5 rings (SSSR count). The standard InChI is InChI=1S/C28H25N5OS/c1-20-5-4-6-22(15-20)18-33-26-17-29-14-12-25(26)32-28(33)35-19-21-8-10-23(11-9-21)27(34)31-16-24-7-2-3-13-30-24/h2-15,17H,16,18-19H2,1H3,(H,31,34). The molecule has 0 atom stereocenters. The number of fused-ring (bicyclic) bond motifs is 1. The lowest BCUT2D eigenvalue weighted by Crippen LogP contribution is -2.23. The smallest absolute Gasteiger partial charge is 0.251 e. The quantitative estimate of drug-likeness (QED) is 0.302. The van der Waals surface area contributed by atoms with Gasteiger partial charge in [-0.3, -0.25) is 14.8 Å². The second-order valence-electron chi connectivity index (χ2n) is 8.32. The Labute approximate surface area is 208 Å². The number of hydrogen-bond acceptors (Lipinski definition) is 5. The van der Waals surface area contributed by atoms with Crippen LogP contribution in [-0.2, 0) is 18.8 Å². The topological polar surface area (TPSA) is 72.7 Å². The highest BCUT2D eigenvalue weighted by Gasteiger charge is 2.13. The van der Waals surface area contributed by atoms with Gasteiger partial charge < -0.3 is 9.88 Å². The molecule has 0 saturated carbocycles. The first-order valence-electron chi connectivity index (χ1n) is 11.4. The normalized spacial score (nSPS) is 11.0. The van der Waals surface area contributed by atoms with E-state index in [1.165, 1.54) is 11.1 Å². The lowest BCUT2D eigenvalue weighted by atomic mass is 10.1. The maximum absolute atomic E-state index is 12.5. The first-order valence-corrected chi connectivity index (χ1v) is 12.4. The summed E-state index contributed by atoms with van der Waals surface area (Å²) in [5, 5.41) is 3.87. The van der Waals surface area contributed by atoms with Crippen molar-refractivity contribution in [2.45, 2.75) is 30.9 Å². The number of aromatic nitrogens is 4. The third-order valence-electron chi connectivity index (χ3n) is 5.68. The number of carbonyl (C=O) groups is 1. The number of imidazole rings is 1. The Morgan fingerprint density at radius 1 is 0.971 bits per heavy atom. The van der Waals surface area contributed by atoms with Crippen LogP contribution in [0.4, 0.5) is 0 Å². The minimum Gasteiger partial charge on any atom is -0.346 e. The molecule has 2 aromatic carbocycles. The number of carbonyl (C=O) groups excluding carboxylic acids is 1. The molecule has 6 nitrogen and oxygen atoms in total. The zero-order valence-corrected chi connectivity index (χ0v) is 20.2. The van der Waals surface area contributed by atoms with Gasteiger partial charge in [-0.2, -0.15) is 0 Å². The molecule has 0 aliphatic carbocycles. The molecule has 1 amide bonds. The van der Waals surface area contributed by atoms with Gasteiger partial charge in [-0.05, 0) is 48.4 Å². The molecular weight excluding hydrogens is 454 g/mol. The minimum absolute atomic E-state index is 0.109. The number of benzene rings is 2. The maximum Gasteiger partial charge on any atom is 0.251 e. The van der Waals surface area contributed by atoms with Crippen LogP contribution >= 0.6 is 11.8 Å². The molecule has 0 aliphatic heterocycles. The minimum atomic E-state index is -0.109. The van der Waals surface area contributed by atoms with Crippen molar-refractivity contribution in [1.29, 1.82) is 0 Å². The van der Waals surface area contributed by atoms with Crippen molar-refractivity contribution in [3.8, 4) is 0 Å². The van der Waals surface area contributed by atoms with Crippen LogP contribution < -0.4 is 5.32 Å². The summed E-state index contributed by atoms with van der Waals surface area (Å²) in [6.07, 6.45) is 5.37. The van der Waals surface area contributed by atoms with E-state index in [0.29, 0.717) is 12.1 Å². The largest absolute Gasteiger partial charge is 0.346 e. The molecule has 0 bridgehead atoms. The highest BCUT2D eigenvalue weighted by atomic mass is 32.2. The van der Waals surface area contributed by atoms with E-state index in [-0.39, 0.29) is 5.91 Å². The van der Waals surface area contributed by atoms with Crippen LogP contribution in [0.1, 0.15) is 32.7 Å². The summed E-state index contributed by atoms with van der Waals surface area (Å²) in [6, 6.07) is 23.9. The second kappa shape index (κ2) is 10.5. The third-order valence-corrected chi connectivity index (χ3v) is 6.73. The molecule has 0 saturated heterocycles. The van der Waals surface area contributed by atoms with Crippen molar-refractivity contribution >= 4 is 28.7 Å². The van der Waals surface area contributed by atoms with Crippen LogP contribution in [0.2, 0.25) is 0 Å². The summed E-state index contributed by atoms with van der Waals surface area (Å²) < 4.78 is 2.22. The van der Waals surface area contributed by atoms with Crippen molar-refractivity contribution in [3.63, 3.8) is 0 Å². The number of nitrogens with one attached hydrogen (secondary N) is 1.